The van der Waals surface area contributed by atoms with E-state index >= 15 is 0 Å². The van der Waals surface area contributed by atoms with Crippen molar-refractivity contribution in [3.05, 3.63) is 24.2 Å². The first-order chi connectivity index (χ1) is 11.5. The average Bonchev–Trinajstić information content (AvgIpc) is 2.82. The third-order valence-electron chi connectivity index (χ3n) is 3.74. The van der Waals surface area contributed by atoms with E-state index in [2.05, 4.69) is 11.3 Å². The van der Waals surface area contributed by atoms with Crippen LogP contribution in [0.1, 0.15) is 51.4 Å². The Morgan fingerprint density at radius 2 is 1.83 bits per heavy atom. The Hall–Kier alpha value is -2.02. The topological polar surface area (TPSA) is 113 Å². The summed E-state index contributed by atoms with van der Waals surface area (Å²) in [5.41, 5.74) is 0. The number of hydrogen-bond acceptors (Lipinski definition) is 7. The lowest BCUT2D eigenvalue weighted by atomic mass is 10.1. The monoisotopic (exact) mass is 342 g/mol. The van der Waals surface area contributed by atoms with E-state index in [1.165, 1.54) is 0 Å². The molecule has 1 aliphatic rings. The second-order valence-corrected chi connectivity index (χ2v) is 5.76. The molecule has 136 valence electrons. The number of esters is 2. The van der Waals surface area contributed by atoms with Crippen LogP contribution in [0.5, 0.6) is 0 Å². The van der Waals surface area contributed by atoms with Crippen molar-refractivity contribution in [2.75, 3.05) is 6.61 Å². The lowest BCUT2D eigenvalue weighted by Crippen LogP contribution is -2.33. The third kappa shape index (κ3) is 6.62. The van der Waals surface area contributed by atoms with Gasteiger partial charge in [0.05, 0.1) is 0 Å². The molecule has 0 spiro atoms. The number of aliphatic hydroxyl groups is 3. The summed E-state index contributed by atoms with van der Waals surface area (Å²) in [4.78, 5) is 22.6. The highest BCUT2D eigenvalue weighted by atomic mass is 16.6. The van der Waals surface area contributed by atoms with Gasteiger partial charge in [0.2, 0.25) is 5.76 Å². The molecule has 1 heterocycles. The summed E-state index contributed by atoms with van der Waals surface area (Å²) in [5, 5.41) is 28.3. The van der Waals surface area contributed by atoms with Gasteiger partial charge in [0.1, 0.15) is 12.7 Å². The largest absolute Gasteiger partial charge is 0.505 e. The van der Waals surface area contributed by atoms with Gasteiger partial charge in [-0.25, -0.2) is 4.79 Å². The van der Waals surface area contributed by atoms with E-state index in [1.54, 1.807) is 0 Å². The first-order valence-electron chi connectivity index (χ1n) is 8.25. The first-order valence-corrected chi connectivity index (χ1v) is 8.25. The first kappa shape index (κ1) is 20.0. The van der Waals surface area contributed by atoms with Crippen LogP contribution in [0, 0.1) is 0 Å². The van der Waals surface area contributed by atoms with Gasteiger partial charge in [-0.05, 0) is 19.3 Å². The minimum absolute atomic E-state index is 0.247. The zero-order valence-corrected chi connectivity index (χ0v) is 13.8. The summed E-state index contributed by atoms with van der Waals surface area (Å²) >= 11 is 0. The lowest BCUT2D eigenvalue weighted by Gasteiger charge is -2.17. The standard InChI is InChI=1S/C17H26O7/c1-2-3-4-5-6-7-8-9-10-13(19)23-11-12(18)16-14(20)15(21)17(22)24-16/h2,12,16,18,20-21H,1,3-11H2/t12-,16+/m0/s1. The number of allylic oxidation sites excluding steroid dienone is 1. The normalized spacial score (nSPS) is 18.4. The van der Waals surface area contributed by atoms with Crippen molar-refractivity contribution in [2.45, 2.75) is 63.6 Å². The van der Waals surface area contributed by atoms with Gasteiger partial charge < -0.3 is 24.8 Å². The minimum atomic E-state index is -1.42. The van der Waals surface area contributed by atoms with Crippen LogP contribution in [0.3, 0.4) is 0 Å². The van der Waals surface area contributed by atoms with E-state index in [0.29, 0.717) is 6.42 Å². The molecular weight excluding hydrogens is 316 g/mol. The van der Waals surface area contributed by atoms with Crippen LogP contribution in [-0.2, 0) is 19.1 Å². The third-order valence-corrected chi connectivity index (χ3v) is 3.74. The minimum Gasteiger partial charge on any atom is -0.505 e. The van der Waals surface area contributed by atoms with Gasteiger partial charge in [0.25, 0.3) is 0 Å². The van der Waals surface area contributed by atoms with Crippen LogP contribution >= 0.6 is 0 Å². The molecular formula is C17H26O7. The Bertz CT molecular complexity index is 470. The van der Waals surface area contributed by atoms with Gasteiger partial charge in [0.15, 0.2) is 11.9 Å². The van der Waals surface area contributed by atoms with E-state index < -0.39 is 42.3 Å². The van der Waals surface area contributed by atoms with E-state index in [9.17, 15) is 19.8 Å². The highest BCUT2D eigenvalue weighted by Crippen LogP contribution is 2.21. The Morgan fingerprint density at radius 3 is 2.42 bits per heavy atom. The van der Waals surface area contributed by atoms with Crippen molar-refractivity contribution in [2.24, 2.45) is 0 Å². The quantitative estimate of drug-likeness (QED) is 0.283. The van der Waals surface area contributed by atoms with Crippen LogP contribution in [0.25, 0.3) is 0 Å². The van der Waals surface area contributed by atoms with Crippen molar-refractivity contribution in [3.63, 3.8) is 0 Å². The Labute approximate surface area is 141 Å². The summed E-state index contributed by atoms with van der Waals surface area (Å²) in [5.74, 6) is -3.26. The van der Waals surface area contributed by atoms with E-state index in [-0.39, 0.29) is 6.42 Å². The lowest BCUT2D eigenvalue weighted by molar-refractivity contribution is -0.154. The maximum atomic E-state index is 11.6. The molecule has 0 fully saturated rings. The molecule has 3 N–H and O–H groups in total. The molecule has 0 aromatic rings. The Kier molecular flexibility index (Phi) is 8.93. The maximum absolute atomic E-state index is 11.6. The molecule has 2 atom stereocenters. The van der Waals surface area contributed by atoms with Crippen LogP contribution in [0.4, 0.5) is 0 Å². The Balaban J connectivity index is 2.09. The molecule has 7 heteroatoms. The Morgan fingerprint density at radius 1 is 1.21 bits per heavy atom. The molecule has 1 aliphatic heterocycles. The number of cyclic esters (lactones) is 1. The summed E-state index contributed by atoms with van der Waals surface area (Å²) in [6, 6.07) is 0. The summed E-state index contributed by atoms with van der Waals surface area (Å²) in [7, 11) is 0. The fourth-order valence-electron chi connectivity index (χ4n) is 2.33. The zero-order valence-electron chi connectivity index (χ0n) is 13.8. The second kappa shape index (κ2) is 10.7. The molecule has 0 bridgehead atoms. The average molecular weight is 342 g/mol. The van der Waals surface area contributed by atoms with Gasteiger partial charge in [-0.15, -0.1) is 6.58 Å². The highest BCUT2D eigenvalue weighted by molar-refractivity contribution is 5.89. The van der Waals surface area contributed by atoms with Crippen molar-refractivity contribution < 1.29 is 34.4 Å². The molecule has 0 saturated carbocycles. The maximum Gasteiger partial charge on any atom is 0.377 e. The van der Waals surface area contributed by atoms with Gasteiger partial charge in [-0.2, -0.15) is 0 Å². The van der Waals surface area contributed by atoms with Crippen molar-refractivity contribution >= 4 is 11.9 Å². The molecule has 0 saturated heterocycles. The summed E-state index contributed by atoms with van der Waals surface area (Å²) in [6.45, 7) is 3.25. The van der Waals surface area contributed by atoms with Gasteiger partial charge in [-0.3, -0.25) is 4.79 Å². The molecule has 0 aliphatic carbocycles. The molecule has 24 heavy (non-hydrogen) atoms. The highest BCUT2D eigenvalue weighted by Gasteiger charge is 2.39. The fraction of sp³-hybridized carbons (Fsp3) is 0.647. The van der Waals surface area contributed by atoms with Gasteiger partial charge >= 0.3 is 11.9 Å². The van der Waals surface area contributed by atoms with Crippen molar-refractivity contribution in [1.29, 1.82) is 0 Å². The molecule has 0 radical (unpaired) electrons. The number of ether oxygens (including phenoxy) is 2. The number of carbonyl (C=O) groups is 2. The van der Waals surface area contributed by atoms with Crippen molar-refractivity contribution in [1.82, 2.24) is 0 Å². The molecule has 0 amide bonds. The number of unbranched alkanes of at least 4 members (excludes halogenated alkanes) is 6. The molecule has 7 nitrogen and oxygen atoms in total. The predicted octanol–water partition coefficient (Wildman–Crippen LogP) is 2.45. The van der Waals surface area contributed by atoms with Gasteiger partial charge in [-0.1, -0.05) is 31.8 Å². The molecule has 1 rings (SSSR count). The van der Waals surface area contributed by atoms with Crippen LogP contribution < -0.4 is 0 Å². The predicted molar refractivity (Wildman–Crippen MR) is 86.3 cm³/mol. The van der Waals surface area contributed by atoms with Crippen LogP contribution in [0.2, 0.25) is 0 Å². The number of aliphatic hydroxyl groups excluding tert-OH is 3. The zero-order chi connectivity index (χ0) is 17.9. The fourth-order valence-corrected chi connectivity index (χ4v) is 2.33. The van der Waals surface area contributed by atoms with E-state index in [1.807, 2.05) is 6.08 Å². The van der Waals surface area contributed by atoms with Gasteiger partial charge in [0, 0.05) is 6.42 Å². The summed E-state index contributed by atoms with van der Waals surface area (Å²) < 4.78 is 9.46. The SMILES string of the molecule is C=CCCCCCCCCC(=O)OC[C@H](O)[C@H]1OC(=O)C(O)=C1O. The molecule has 0 aromatic carbocycles. The van der Waals surface area contributed by atoms with Crippen molar-refractivity contribution in [3.8, 4) is 0 Å². The molecule has 0 aromatic heterocycles. The number of hydrogen-bond donors (Lipinski definition) is 3. The number of rotatable bonds is 12. The van der Waals surface area contributed by atoms with Crippen LogP contribution in [-0.4, -0.2) is 46.1 Å². The number of carbonyl (C=O) groups excluding carboxylic acids is 2. The van der Waals surface area contributed by atoms with Crippen LogP contribution in [0.15, 0.2) is 24.2 Å². The molecule has 0 unspecified atom stereocenters. The van der Waals surface area contributed by atoms with E-state index in [0.717, 1.165) is 38.5 Å². The van der Waals surface area contributed by atoms with E-state index in [4.69, 9.17) is 9.84 Å². The summed E-state index contributed by atoms with van der Waals surface area (Å²) in [6.07, 6.45) is 6.50. The smallest absolute Gasteiger partial charge is 0.377 e. The second-order valence-electron chi connectivity index (χ2n) is 5.76.